The number of hydrogen-bond donors (Lipinski definition) is 1. The molecular weight excluding hydrogens is 313 g/mol. The first kappa shape index (κ1) is 12.7. The van der Waals surface area contributed by atoms with Gasteiger partial charge in [0, 0.05) is 22.5 Å². The van der Waals surface area contributed by atoms with Crippen LogP contribution >= 0.6 is 15.9 Å². The molecule has 0 spiro atoms. The SMILES string of the molecule is Fc1ccc(Br)c(-c2noc(CC3CCCN3)n2)c1. The third-order valence-electron chi connectivity index (χ3n) is 3.22. The summed E-state index contributed by atoms with van der Waals surface area (Å²) in [5, 5.41) is 7.30. The van der Waals surface area contributed by atoms with Crippen LogP contribution in [0.5, 0.6) is 0 Å². The largest absolute Gasteiger partial charge is 0.339 e. The van der Waals surface area contributed by atoms with Crippen LogP contribution in [0.2, 0.25) is 0 Å². The average Bonchev–Trinajstić information content (AvgIpc) is 3.04. The number of hydrogen-bond acceptors (Lipinski definition) is 4. The second-order valence-corrected chi connectivity index (χ2v) is 5.49. The zero-order chi connectivity index (χ0) is 13.2. The minimum absolute atomic E-state index is 0.318. The van der Waals surface area contributed by atoms with Gasteiger partial charge in [-0.25, -0.2) is 4.39 Å². The van der Waals surface area contributed by atoms with Gasteiger partial charge < -0.3 is 9.84 Å². The first-order chi connectivity index (χ1) is 9.22. The van der Waals surface area contributed by atoms with Gasteiger partial charge in [0.2, 0.25) is 11.7 Å². The molecule has 1 N–H and O–H groups in total. The average molecular weight is 326 g/mol. The van der Waals surface area contributed by atoms with E-state index in [4.69, 9.17) is 4.52 Å². The number of rotatable bonds is 3. The molecule has 6 heteroatoms. The number of nitrogens with one attached hydrogen (secondary N) is 1. The number of nitrogens with zero attached hydrogens (tertiary/aromatic N) is 2. The van der Waals surface area contributed by atoms with Crippen LogP contribution in [-0.2, 0) is 6.42 Å². The molecule has 0 radical (unpaired) electrons. The lowest BCUT2D eigenvalue weighted by Crippen LogP contribution is -2.23. The summed E-state index contributed by atoms with van der Waals surface area (Å²) in [7, 11) is 0. The summed E-state index contributed by atoms with van der Waals surface area (Å²) in [4.78, 5) is 4.33. The fraction of sp³-hybridized carbons (Fsp3) is 0.385. The molecule has 1 aromatic heterocycles. The van der Waals surface area contributed by atoms with E-state index in [1.165, 1.54) is 18.6 Å². The van der Waals surface area contributed by atoms with Gasteiger partial charge in [-0.1, -0.05) is 21.1 Å². The first-order valence-electron chi connectivity index (χ1n) is 6.24. The van der Waals surface area contributed by atoms with Crippen LogP contribution in [0.1, 0.15) is 18.7 Å². The van der Waals surface area contributed by atoms with Crippen LogP contribution < -0.4 is 5.32 Å². The molecule has 1 unspecified atom stereocenters. The summed E-state index contributed by atoms with van der Waals surface area (Å²) in [6.07, 6.45) is 3.03. The lowest BCUT2D eigenvalue weighted by Gasteiger charge is -2.04. The Bertz CT molecular complexity index is 581. The van der Waals surface area contributed by atoms with Crippen molar-refractivity contribution in [1.82, 2.24) is 15.5 Å². The Kier molecular flexibility index (Phi) is 3.61. The van der Waals surface area contributed by atoms with Gasteiger partial charge in [0.25, 0.3) is 0 Å². The van der Waals surface area contributed by atoms with Gasteiger partial charge in [0.15, 0.2) is 0 Å². The molecule has 0 saturated carbocycles. The van der Waals surface area contributed by atoms with Gasteiger partial charge in [0.1, 0.15) is 5.82 Å². The molecule has 19 heavy (non-hydrogen) atoms. The molecule has 2 heterocycles. The number of halogens is 2. The van der Waals surface area contributed by atoms with Gasteiger partial charge in [-0.15, -0.1) is 0 Å². The van der Waals surface area contributed by atoms with E-state index < -0.39 is 0 Å². The van der Waals surface area contributed by atoms with E-state index in [2.05, 4.69) is 31.4 Å². The summed E-state index contributed by atoms with van der Waals surface area (Å²) >= 11 is 3.36. The van der Waals surface area contributed by atoms with Crippen molar-refractivity contribution in [2.45, 2.75) is 25.3 Å². The van der Waals surface area contributed by atoms with Gasteiger partial charge in [-0.05, 0) is 37.6 Å². The Labute approximate surface area is 118 Å². The Balaban J connectivity index is 1.82. The zero-order valence-corrected chi connectivity index (χ0v) is 11.8. The predicted molar refractivity (Wildman–Crippen MR) is 72.1 cm³/mol. The molecule has 4 nitrogen and oxygen atoms in total. The zero-order valence-electron chi connectivity index (χ0n) is 10.2. The molecule has 1 fully saturated rings. The molecule has 1 aliphatic rings. The van der Waals surface area contributed by atoms with E-state index in [-0.39, 0.29) is 5.82 Å². The third-order valence-corrected chi connectivity index (χ3v) is 3.91. The molecule has 1 aromatic carbocycles. The van der Waals surface area contributed by atoms with Crippen molar-refractivity contribution >= 4 is 15.9 Å². The normalized spacial score (nSPS) is 18.9. The highest BCUT2D eigenvalue weighted by Gasteiger charge is 2.19. The molecule has 1 atom stereocenters. The van der Waals surface area contributed by atoms with E-state index in [1.807, 2.05) is 0 Å². The Hall–Kier alpha value is -1.27. The molecule has 1 aliphatic heterocycles. The summed E-state index contributed by atoms with van der Waals surface area (Å²) in [5.74, 6) is 0.687. The number of benzene rings is 1. The number of aromatic nitrogens is 2. The third kappa shape index (κ3) is 2.84. The maximum Gasteiger partial charge on any atom is 0.228 e. The van der Waals surface area contributed by atoms with E-state index in [0.717, 1.165) is 23.9 Å². The Morgan fingerprint density at radius 1 is 1.47 bits per heavy atom. The first-order valence-corrected chi connectivity index (χ1v) is 7.03. The summed E-state index contributed by atoms with van der Waals surface area (Å²) < 4.78 is 19.2. The Morgan fingerprint density at radius 2 is 2.37 bits per heavy atom. The van der Waals surface area contributed by atoms with Crippen LogP contribution in [0, 0.1) is 5.82 Å². The topological polar surface area (TPSA) is 51.0 Å². The van der Waals surface area contributed by atoms with E-state index in [9.17, 15) is 4.39 Å². The van der Waals surface area contributed by atoms with Gasteiger partial charge in [-0.2, -0.15) is 4.98 Å². The van der Waals surface area contributed by atoms with Gasteiger partial charge in [0.05, 0.1) is 0 Å². The van der Waals surface area contributed by atoms with E-state index >= 15 is 0 Å². The second kappa shape index (κ2) is 5.38. The maximum atomic E-state index is 13.3. The molecular formula is C13H13BrFN3O. The van der Waals surface area contributed by atoms with Gasteiger partial charge >= 0.3 is 0 Å². The van der Waals surface area contributed by atoms with E-state index in [0.29, 0.717) is 23.3 Å². The molecule has 100 valence electrons. The molecule has 3 rings (SSSR count). The maximum absolute atomic E-state index is 13.3. The molecule has 0 aliphatic carbocycles. The Morgan fingerprint density at radius 3 is 3.16 bits per heavy atom. The van der Waals surface area contributed by atoms with Crippen molar-refractivity contribution in [3.8, 4) is 11.4 Å². The van der Waals surface area contributed by atoms with Crippen molar-refractivity contribution < 1.29 is 8.91 Å². The van der Waals surface area contributed by atoms with Crippen LogP contribution in [-0.4, -0.2) is 22.7 Å². The molecule has 1 saturated heterocycles. The van der Waals surface area contributed by atoms with Crippen molar-refractivity contribution in [3.05, 3.63) is 34.4 Å². The smallest absolute Gasteiger partial charge is 0.228 e. The van der Waals surface area contributed by atoms with E-state index in [1.54, 1.807) is 6.07 Å². The quantitative estimate of drug-likeness (QED) is 0.942. The highest BCUT2D eigenvalue weighted by molar-refractivity contribution is 9.10. The standard InChI is InChI=1S/C13H13BrFN3O/c14-11-4-3-8(15)6-10(11)13-17-12(19-18-13)7-9-2-1-5-16-9/h3-4,6,9,16H,1-2,5,7H2. The minimum Gasteiger partial charge on any atom is -0.339 e. The molecule has 0 bridgehead atoms. The van der Waals surface area contributed by atoms with Gasteiger partial charge in [-0.3, -0.25) is 0 Å². The van der Waals surface area contributed by atoms with Crippen LogP contribution in [0.15, 0.2) is 27.2 Å². The van der Waals surface area contributed by atoms with Crippen molar-refractivity contribution in [2.24, 2.45) is 0 Å². The highest BCUT2D eigenvalue weighted by Crippen LogP contribution is 2.27. The fourth-order valence-electron chi connectivity index (χ4n) is 2.26. The molecule has 2 aromatic rings. The minimum atomic E-state index is -0.318. The molecule has 0 amide bonds. The summed E-state index contributed by atoms with van der Waals surface area (Å²) in [6, 6.07) is 4.83. The predicted octanol–water partition coefficient (Wildman–Crippen LogP) is 2.93. The summed E-state index contributed by atoms with van der Waals surface area (Å²) in [5.41, 5.74) is 0.606. The van der Waals surface area contributed by atoms with Crippen LogP contribution in [0.4, 0.5) is 4.39 Å². The highest BCUT2D eigenvalue weighted by atomic mass is 79.9. The monoisotopic (exact) mass is 325 g/mol. The fourth-order valence-corrected chi connectivity index (χ4v) is 2.68. The second-order valence-electron chi connectivity index (χ2n) is 4.63. The van der Waals surface area contributed by atoms with Crippen LogP contribution in [0.25, 0.3) is 11.4 Å². The summed E-state index contributed by atoms with van der Waals surface area (Å²) in [6.45, 7) is 1.04. The van der Waals surface area contributed by atoms with Crippen LogP contribution in [0.3, 0.4) is 0 Å². The lowest BCUT2D eigenvalue weighted by molar-refractivity contribution is 0.364. The van der Waals surface area contributed by atoms with Crippen molar-refractivity contribution in [2.75, 3.05) is 6.54 Å². The van der Waals surface area contributed by atoms with Crippen molar-refractivity contribution in [1.29, 1.82) is 0 Å². The van der Waals surface area contributed by atoms with Crippen molar-refractivity contribution in [3.63, 3.8) is 0 Å². The lowest BCUT2D eigenvalue weighted by atomic mass is 10.1.